The number of rotatable bonds is 2. The highest BCUT2D eigenvalue weighted by Crippen LogP contribution is 2.36. The number of aromatic carboxylic acids is 1. The van der Waals surface area contributed by atoms with Gasteiger partial charge in [0.1, 0.15) is 5.82 Å². The van der Waals surface area contributed by atoms with Crippen LogP contribution < -0.4 is 0 Å². The minimum absolute atomic E-state index is 0.0656. The molecule has 0 atom stereocenters. The molecule has 2 aromatic heterocycles. The Hall–Kier alpha value is -1.91. The van der Waals surface area contributed by atoms with Gasteiger partial charge in [0, 0.05) is 12.0 Å². The minimum atomic E-state index is -1.07. The van der Waals surface area contributed by atoms with Crippen molar-refractivity contribution in [3.8, 4) is 0 Å². The first-order valence-corrected chi connectivity index (χ1v) is 6.16. The Balaban J connectivity index is 2.19. The normalized spacial score (nSPS) is 16.5. The van der Waals surface area contributed by atoms with Crippen LogP contribution in [-0.2, 0) is 0 Å². The highest BCUT2D eigenvalue weighted by molar-refractivity contribution is 5.91. The Morgan fingerprint density at radius 3 is 2.78 bits per heavy atom. The van der Waals surface area contributed by atoms with Gasteiger partial charge in [0.05, 0.1) is 11.1 Å². The molecule has 0 unspecified atom stereocenters. The summed E-state index contributed by atoms with van der Waals surface area (Å²) in [6.07, 6.45) is 4.63. The van der Waals surface area contributed by atoms with Crippen molar-refractivity contribution in [3.63, 3.8) is 0 Å². The molecule has 2 aromatic rings. The lowest BCUT2D eigenvalue weighted by atomic mass is 10.0. The van der Waals surface area contributed by atoms with E-state index in [4.69, 9.17) is 9.52 Å². The number of nitrogens with zero attached hydrogens (tertiary/aromatic N) is 2. The number of hydrogen-bond acceptors (Lipinski definition) is 4. The van der Waals surface area contributed by atoms with Crippen LogP contribution >= 0.6 is 0 Å². The highest BCUT2D eigenvalue weighted by atomic mass is 16.4. The molecule has 1 fully saturated rings. The van der Waals surface area contributed by atoms with Gasteiger partial charge in [-0.2, -0.15) is 4.98 Å². The maximum Gasteiger partial charge on any atom is 0.371 e. The predicted octanol–water partition coefficient (Wildman–Crippen LogP) is 2.89. The van der Waals surface area contributed by atoms with Crippen LogP contribution in [0.3, 0.4) is 0 Å². The van der Waals surface area contributed by atoms with Crippen LogP contribution in [0.25, 0.3) is 11.1 Å². The molecule has 0 saturated heterocycles. The second-order valence-electron chi connectivity index (χ2n) is 4.77. The third kappa shape index (κ3) is 1.75. The molecule has 0 bridgehead atoms. The SMILES string of the molecule is Cc1nc(C2CCCC2)c2cc(C(=O)O)oc2n1. The van der Waals surface area contributed by atoms with E-state index in [9.17, 15) is 4.79 Å². The van der Waals surface area contributed by atoms with E-state index < -0.39 is 5.97 Å². The lowest BCUT2D eigenvalue weighted by molar-refractivity contribution is 0.0664. The lowest BCUT2D eigenvalue weighted by Crippen LogP contribution is -2.00. The van der Waals surface area contributed by atoms with Crippen LogP contribution in [0.4, 0.5) is 0 Å². The maximum absolute atomic E-state index is 10.9. The van der Waals surface area contributed by atoms with Crippen LogP contribution in [-0.4, -0.2) is 21.0 Å². The second kappa shape index (κ2) is 4.08. The van der Waals surface area contributed by atoms with Gasteiger partial charge in [-0.3, -0.25) is 0 Å². The Kier molecular flexibility index (Phi) is 2.54. The summed E-state index contributed by atoms with van der Waals surface area (Å²) in [6.45, 7) is 1.81. The molecule has 94 valence electrons. The molecule has 3 rings (SSSR count). The zero-order valence-electron chi connectivity index (χ0n) is 10.1. The summed E-state index contributed by atoms with van der Waals surface area (Å²) < 4.78 is 5.26. The van der Waals surface area contributed by atoms with Gasteiger partial charge in [-0.15, -0.1) is 0 Å². The fraction of sp³-hybridized carbons (Fsp3) is 0.462. The summed E-state index contributed by atoms with van der Waals surface area (Å²) in [5, 5.41) is 9.72. The number of aromatic nitrogens is 2. The van der Waals surface area contributed by atoms with Gasteiger partial charge < -0.3 is 9.52 Å². The van der Waals surface area contributed by atoms with Crippen LogP contribution in [0.2, 0.25) is 0 Å². The monoisotopic (exact) mass is 246 g/mol. The largest absolute Gasteiger partial charge is 0.475 e. The Bertz CT molecular complexity index is 612. The van der Waals surface area contributed by atoms with E-state index >= 15 is 0 Å². The number of carboxylic acids is 1. The molecular weight excluding hydrogens is 232 g/mol. The van der Waals surface area contributed by atoms with Crippen LogP contribution in [0, 0.1) is 6.92 Å². The predicted molar refractivity (Wildman–Crippen MR) is 64.7 cm³/mol. The third-order valence-corrected chi connectivity index (χ3v) is 3.49. The fourth-order valence-electron chi connectivity index (χ4n) is 2.67. The van der Waals surface area contributed by atoms with Gasteiger partial charge >= 0.3 is 5.97 Å². The molecule has 1 aliphatic rings. The molecule has 5 heteroatoms. The van der Waals surface area contributed by atoms with Crippen molar-refractivity contribution >= 4 is 17.1 Å². The van der Waals surface area contributed by atoms with E-state index in [1.807, 2.05) is 0 Å². The topological polar surface area (TPSA) is 76.2 Å². The molecule has 1 N–H and O–H groups in total. The Labute approximate surface area is 104 Å². The van der Waals surface area contributed by atoms with Crippen molar-refractivity contribution in [2.24, 2.45) is 0 Å². The number of aryl methyl sites for hydroxylation is 1. The highest BCUT2D eigenvalue weighted by Gasteiger charge is 2.24. The number of carbonyl (C=O) groups is 1. The molecule has 18 heavy (non-hydrogen) atoms. The van der Waals surface area contributed by atoms with Crippen molar-refractivity contribution < 1.29 is 14.3 Å². The van der Waals surface area contributed by atoms with Crippen molar-refractivity contribution in [2.75, 3.05) is 0 Å². The summed E-state index contributed by atoms with van der Waals surface area (Å²) in [5.41, 5.74) is 1.34. The quantitative estimate of drug-likeness (QED) is 0.881. The smallest absolute Gasteiger partial charge is 0.371 e. The molecule has 0 aliphatic heterocycles. The summed E-state index contributed by atoms with van der Waals surface area (Å²) in [7, 11) is 0. The van der Waals surface area contributed by atoms with E-state index in [-0.39, 0.29) is 5.76 Å². The average molecular weight is 246 g/mol. The molecule has 2 heterocycles. The van der Waals surface area contributed by atoms with Gasteiger partial charge in [-0.25, -0.2) is 9.78 Å². The molecular formula is C13H14N2O3. The van der Waals surface area contributed by atoms with Gasteiger partial charge in [-0.1, -0.05) is 12.8 Å². The summed E-state index contributed by atoms with van der Waals surface area (Å²) in [5.74, 6) is -0.0868. The molecule has 0 amide bonds. The lowest BCUT2D eigenvalue weighted by Gasteiger charge is -2.09. The van der Waals surface area contributed by atoms with Crippen molar-refractivity contribution in [2.45, 2.75) is 38.5 Å². The molecule has 0 spiro atoms. The number of carboxylic acid groups (broad SMARTS) is 1. The summed E-state index contributed by atoms with van der Waals surface area (Å²) in [6, 6.07) is 1.55. The fourth-order valence-corrected chi connectivity index (χ4v) is 2.67. The summed E-state index contributed by atoms with van der Waals surface area (Å²) in [4.78, 5) is 19.6. The Morgan fingerprint density at radius 1 is 1.39 bits per heavy atom. The minimum Gasteiger partial charge on any atom is -0.475 e. The first-order chi connectivity index (χ1) is 8.65. The first kappa shape index (κ1) is 11.2. The standard InChI is InChI=1S/C13H14N2O3/c1-7-14-11(8-4-2-3-5-8)9-6-10(13(16)17)18-12(9)15-7/h6,8H,2-5H2,1H3,(H,16,17). The van der Waals surface area contributed by atoms with Crippen LogP contribution in [0.15, 0.2) is 10.5 Å². The maximum atomic E-state index is 10.9. The van der Waals surface area contributed by atoms with Crippen molar-refractivity contribution in [3.05, 3.63) is 23.3 Å². The van der Waals surface area contributed by atoms with Gasteiger partial charge in [0.25, 0.3) is 0 Å². The molecule has 0 radical (unpaired) electrons. The number of fused-ring (bicyclic) bond motifs is 1. The van der Waals surface area contributed by atoms with E-state index in [2.05, 4.69) is 9.97 Å². The zero-order chi connectivity index (χ0) is 12.7. The Morgan fingerprint density at radius 2 is 2.11 bits per heavy atom. The zero-order valence-corrected chi connectivity index (χ0v) is 10.1. The third-order valence-electron chi connectivity index (χ3n) is 3.49. The van der Waals surface area contributed by atoms with Crippen LogP contribution in [0.1, 0.15) is 53.7 Å². The van der Waals surface area contributed by atoms with E-state index in [1.165, 1.54) is 12.8 Å². The summed E-state index contributed by atoms with van der Waals surface area (Å²) >= 11 is 0. The second-order valence-corrected chi connectivity index (χ2v) is 4.77. The van der Waals surface area contributed by atoms with Crippen molar-refractivity contribution in [1.29, 1.82) is 0 Å². The molecule has 1 saturated carbocycles. The number of hydrogen-bond donors (Lipinski definition) is 1. The van der Waals surface area contributed by atoms with Crippen molar-refractivity contribution in [1.82, 2.24) is 9.97 Å². The van der Waals surface area contributed by atoms with E-state index in [0.29, 0.717) is 17.5 Å². The molecule has 1 aliphatic carbocycles. The van der Waals surface area contributed by atoms with E-state index in [1.54, 1.807) is 13.0 Å². The first-order valence-electron chi connectivity index (χ1n) is 6.16. The molecule has 0 aromatic carbocycles. The van der Waals surface area contributed by atoms with Gasteiger partial charge in [0.15, 0.2) is 0 Å². The number of furan rings is 1. The van der Waals surface area contributed by atoms with Gasteiger partial charge in [0.2, 0.25) is 11.5 Å². The molecule has 5 nitrogen and oxygen atoms in total. The average Bonchev–Trinajstić information content (AvgIpc) is 2.96. The van der Waals surface area contributed by atoms with Crippen LogP contribution in [0.5, 0.6) is 0 Å². The van der Waals surface area contributed by atoms with E-state index in [0.717, 1.165) is 23.9 Å². The van der Waals surface area contributed by atoms with Gasteiger partial charge in [-0.05, 0) is 19.8 Å².